The SMILES string of the molecule is CC.CC.CCNCCCCC(C(C)=O)N(CC(C)=O)CC(C)=O. The van der Waals surface area contributed by atoms with Crippen molar-refractivity contribution in [2.75, 3.05) is 26.2 Å². The Morgan fingerprint density at radius 1 is 0.875 bits per heavy atom. The van der Waals surface area contributed by atoms with Crippen molar-refractivity contribution in [1.29, 1.82) is 0 Å². The predicted molar refractivity (Wildman–Crippen MR) is 102 cm³/mol. The Morgan fingerprint density at radius 3 is 1.67 bits per heavy atom. The summed E-state index contributed by atoms with van der Waals surface area (Å²) in [7, 11) is 0. The lowest BCUT2D eigenvalue weighted by molar-refractivity contribution is -0.127. The molecule has 0 rings (SSSR count). The van der Waals surface area contributed by atoms with E-state index in [4.69, 9.17) is 0 Å². The Kier molecular flexibility index (Phi) is 23.1. The van der Waals surface area contributed by atoms with Crippen LogP contribution in [0.3, 0.4) is 0 Å². The van der Waals surface area contributed by atoms with E-state index in [-0.39, 0.29) is 36.5 Å². The van der Waals surface area contributed by atoms with Crippen LogP contribution in [0.2, 0.25) is 0 Å². The van der Waals surface area contributed by atoms with Gasteiger partial charge in [0, 0.05) is 0 Å². The van der Waals surface area contributed by atoms with Crippen molar-refractivity contribution in [3.8, 4) is 0 Å². The fourth-order valence-corrected chi connectivity index (χ4v) is 2.26. The highest BCUT2D eigenvalue weighted by atomic mass is 16.1. The van der Waals surface area contributed by atoms with E-state index >= 15 is 0 Å². The summed E-state index contributed by atoms with van der Waals surface area (Å²) in [6.07, 6.45) is 2.59. The lowest BCUT2D eigenvalue weighted by Gasteiger charge is -2.28. The first-order valence-corrected chi connectivity index (χ1v) is 9.32. The van der Waals surface area contributed by atoms with Crippen molar-refractivity contribution in [3.05, 3.63) is 0 Å². The number of ketones is 3. The maximum absolute atomic E-state index is 11.8. The first kappa shape index (κ1) is 27.8. The van der Waals surface area contributed by atoms with Gasteiger partial charge in [0.2, 0.25) is 0 Å². The lowest BCUT2D eigenvalue weighted by Crippen LogP contribution is -2.45. The molecule has 0 aliphatic carbocycles. The highest BCUT2D eigenvalue weighted by molar-refractivity contribution is 5.85. The van der Waals surface area contributed by atoms with Crippen LogP contribution >= 0.6 is 0 Å². The number of hydrogen-bond acceptors (Lipinski definition) is 5. The molecule has 0 amide bonds. The summed E-state index contributed by atoms with van der Waals surface area (Å²) in [6, 6.07) is -0.329. The maximum atomic E-state index is 11.8. The minimum absolute atomic E-state index is 0.0230. The Balaban J connectivity index is -0.00000102. The summed E-state index contributed by atoms with van der Waals surface area (Å²) in [4.78, 5) is 36.1. The highest BCUT2D eigenvalue weighted by Gasteiger charge is 2.24. The Hall–Kier alpha value is -1.07. The van der Waals surface area contributed by atoms with Crippen LogP contribution in [-0.2, 0) is 14.4 Å². The second-order valence-corrected chi connectivity index (χ2v) is 5.28. The molecule has 0 spiro atoms. The van der Waals surface area contributed by atoms with Crippen molar-refractivity contribution in [2.45, 2.75) is 80.7 Å². The molecule has 0 aliphatic heterocycles. The van der Waals surface area contributed by atoms with Gasteiger partial charge in [-0.2, -0.15) is 0 Å². The number of carbonyl (C=O) groups is 3. The molecule has 1 N–H and O–H groups in total. The third kappa shape index (κ3) is 17.3. The molecule has 0 saturated heterocycles. The van der Waals surface area contributed by atoms with E-state index in [2.05, 4.69) is 12.2 Å². The number of unbranched alkanes of at least 4 members (excludes halogenated alkanes) is 1. The van der Waals surface area contributed by atoms with E-state index in [0.29, 0.717) is 6.42 Å². The summed E-state index contributed by atoms with van der Waals surface area (Å²) < 4.78 is 0. The molecule has 0 bridgehead atoms. The van der Waals surface area contributed by atoms with Crippen LogP contribution in [0.4, 0.5) is 0 Å². The van der Waals surface area contributed by atoms with Gasteiger partial charge in [0.25, 0.3) is 0 Å². The molecular weight excluding hydrogens is 304 g/mol. The molecule has 1 unspecified atom stereocenters. The van der Waals surface area contributed by atoms with Gasteiger partial charge in [-0.25, -0.2) is 0 Å². The molecule has 0 aromatic heterocycles. The van der Waals surface area contributed by atoms with Crippen molar-refractivity contribution in [2.24, 2.45) is 0 Å². The van der Waals surface area contributed by atoms with Crippen LogP contribution in [0.5, 0.6) is 0 Å². The Morgan fingerprint density at radius 2 is 1.33 bits per heavy atom. The topological polar surface area (TPSA) is 66.5 Å². The molecule has 1 atom stereocenters. The zero-order valence-corrected chi connectivity index (χ0v) is 17.2. The van der Waals surface area contributed by atoms with Gasteiger partial charge in [-0.3, -0.25) is 19.3 Å². The Bertz CT molecular complexity index is 315. The predicted octanol–water partition coefficient (Wildman–Crippen LogP) is 3.26. The molecule has 0 saturated carbocycles. The van der Waals surface area contributed by atoms with Crippen molar-refractivity contribution < 1.29 is 14.4 Å². The van der Waals surface area contributed by atoms with Crippen molar-refractivity contribution in [1.82, 2.24) is 10.2 Å². The first-order chi connectivity index (χ1) is 11.4. The third-order valence-electron chi connectivity index (χ3n) is 3.09. The molecule has 0 heterocycles. The summed E-state index contributed by atoms with van der Waals surface area (Å²) >= 11 is 0. The van der Waals surface area contributed by atoms with Gasteiger partial charge in [-0.05, 0) is 46.7 Å². The van der Waals surface area contributed by atoms with Crippen LogP contribution < -0.4 is 5.32 Å². The summed E-state index contributed by atoms with van der Waals surface area (Å²) in [6.45, 7) is 16.7. The van der Waals surface area contributed by atoms with Gasteiger partial charge in [0.05, 0.1) is 19.1 Å². The van der Waals surface area contributed by atoms with Crippen molar-refractivity contribution >= 4 is 17.3 Å². The van der Waals surface area contributed by atoms with E-state index < -0.39 is 0 Å². The average molecular weight is 345 g/mol. The zero-order chi connectivity index (χ0) is 19.5. The zero-order valence-electron chi connectivity index (χ0n) is 17.2. The van der Waals surface area contributed by atoms with Gasteiger partial charge in [0.1, 0.15) is 17.3 Å². The lowest BCUT2D eigenvalue weighted by atomic mass is 10.0. The van der Waals surface area contributed by atoms with Gasteiger partial charge < -0.3 is 5.32 Å². The number of hydrogen-bond donors (Lipinski definition) is 1. The fourth-order valence-electron chi connectivity index (χ4n) is 2.26. The van der Waals surface area contributed by atoms with Crippen LogP contribution in [0.1, 0.15) is 74.7 Å². The van der Waals surface area contributed by atoms with Crippen LogP contribution in [-0.4, -0.2) is 54.5 Å². The first-order valence-electron chi connectivity index (χ1n) is 9.32. The van der Waals surface area contributed by atoms with Crippen molar-refractivity contribution in [3.63, 3.8) is 0 Å². The molecule has 24 heavy (non-hydrogen) atoms. The van der Waals surface area contributed by atoms with E-state index in [9.17, 15) is 14.4 Å². The molecule has 0 aromatic carbocycles. The molecule has 0 fully saturated rings. The fraction of sp³-hybridized carbons (Fsp3) is 0.842. The largest absolute Gasteiger partial charge is 0.317 e. The van der Waals surface area contributed by atoms with Crippen LogP contribution in [0, 0.1) is 0 Å². The number of rotatable bonds is 12. The van der Waals surface area contributed by atoms with E-state index in [1.807, 2.05) is 27.7 Å². The monoisotopic (exact) mass is 344 g/mol. The third-order valence-corrected chi connectivity index (χ3v) is 3.09. The minimum atomic E-state index is -0.329. The molecule has 0 aromatic rings. The van der Waals surface area contributed by atoms with Crippen LogP contribution in [0.15, 0.2) is 0 Å². The van der Waals surface area contributed by atoms with Gasteiger partial charge in [-0.1, -0.05) is 41.0 Å². The second-order valence-electron chi connectivity index (χ2n) is 5.28. The molecular formula is C19H40N2O3. The number of nitrogens with one attached hydrogen (secondary N) is 1. The summed E-state index contributed by atoms with van der Waals surface area (Å²) in [5, 5.41) is 3.24. The number of carbonyl (C=O) groups excluding carboxylic acids is 3. The Labute approximate surface area is 149 Å². The quantitative estimate of drug-likeness (QED) is 0.551. The standard InChI is InChI=1S/C15H28N2O3.2C2H6/c1-5-16-9-7-6-8-15(14(4)20)17(10-12(2)18)11-13(3)19;2*1-2/h15-16H,5-11H2,1-4H3;2*1-2H3. The summed E-state index contributed by atoms with van der Waals surface area (Å²) in [5.41, 5.74) is 0. The summed E-state index contributed by atoms with van der Waals surface area (Å²) in [5.74, 6) is -0.0220. The van der Waals surface area contributed by atoms with E-state index in [1.54, 1.807) is 4.90 Å². The minimum Gasteiger partial charge on any atom is -0.317 e. The average Bonchev–Trinajstić information content (AvgIpc) is 2.53. The number of Topliss-reactive ketones (excluding diaryl/α,β-unsaturated/α-hetero) is 3. The van der Waals surface area contributed by atoms with Gasteiger partial charge in [0.15, 0.2) is 0 Å². The van der Waals surface area contributed by atoms with Gasteiger partial charge in [-0.15, -0.1) is 0 Å². The molecule has 5 heteroatoms. The smallest absolute Gasteiger partial charge is 0.146 e. The second kappa shape index (κ2) is 20.0. The maximum Gasteiger partial charge on any atom is 0.146 e. The van der Waals surface area contributed by atoms with Gasteiger partial charge >= 0.3 is 0 Å². The van der Waals surface area contributed by atoms with E-state index in [1.165, 1.54) is 20.8 Å². The van der Waals surface area contributed by atoms with E-state index in [0.717, 1.165) is 25.9 Å². The normalized spacial score (nSPS) is 10.9. The highest BCUT2D eigenvalue weighted by Crippen LogP contribution is 2.10. The molecule has 0 aliphatic rings. The molecule has 5 nitrogen and oxygen atoms in total. The number of nitrogens with zero attached hydrogens (tertiary/aromatic N) is 1. The van der Waals surface area contributed by atoms with Crippen LogP contribution in [0.25, 0.3) is 0 Å². The molecule has 0 radical (unpaired) electrons. The molecule has 144 valence electrons.